The van der Waals surface area contributed by atoms with Gasteiger partial charge in [-0.2, -0.15) is 0 Å². The van der Waals surface area contributed by atoms with Crippen LogP contribution in [0.15, 0.2) is 0 Å². The van der Waals surface area contributed by atoms with Gasteiger partial charge < -0.3 is 15.0 Å². The van der Waals surface area contributed by atoms with Crippen molar-refractivity contribution in [1.82, 2.24) is 10.2 Å². The fraction of sp³-hybridized carbons (Fsp3) is 0.917. The number of hydrogen-bond acceptors (Lipinski definition) is 3. The van der Waals surface area contributed by atoms with Gasteiger partial charge in [0.25, 0.3) is 0 Å². The molecule has 2 fully saturated rings. The largest absolute Gasteiger partial charge is 0.444 e. The van der Waals surface area contributed by atoms with Crippen molar-refractivity contribution in [1.29, 1.82) is 0 Å². The van der Waals surface area contributed by atoms with Gasteiger partial charge in [-0.1, -0.05) is 0 Å². The zero-order valence-electron chi connectivity index (χ0n) is 10.6. The Morgan fingerprint density at radius 3 is 2.62 bits per heavy atom. The zero-order valence-corrected chi connectivity index (χ0v) is 10.6. The third-order valence-electron chi connectivity index (χ3n) is 3.59. The number of rotatable bonds is 1. The highest BCUT2D eigenvalue weighted by atomic mass is 16.6. The maximum absolute atomic E-state index is 11.9. The minimum absolute atomic E-state index is 0.156. The maximum Gasteiger partial charge on any atom is 0.410 e. The van der Waals surface area contributed by atoms with Crippen LogP contribution in [-0.2, 0) is 4.74 Å². The molecule has 0 aromatic rings. The molecule has 0 aromatic heterocycles. The molecule has 2 aliphatic rings. The number of nitrogens with zero attached hydrogens (tertiary/aromatic N) is 1. The minimum atomic E-state index is -0.388. The predicted molar refractivity (Wildman–Crippen MR) is 62.3 cm³/mol. The number of nitrogens with one attached hydrogen (secondary N) is 1. The lowest BCUT2D eigenvalue weighted by Crippen LogP contribution is -2.48. The zero-order chi connectivity index (χ0) is 11.9. The lowest BCUT2D eigenvalue weighted by atomic mass is 9.72. The third-order valence-corrected chi connectivity index (χ3v) is 3.59. The smallest absolute Gasteiger partial charge is 0.410 e. The van der Waals surface area contributed by atoms with E-state index in [0.29, 0.717) is 17.9 Å². The summed E-state index contributed by atoms with van der Waals surface area (Å²) in [6.07, 6.45) is 1.04. The topological polar surface area (TPSA) is 41.6 Å². The Bertz CT molecular complexity index is 285. The van der Waals surface area contributed by atoms with Gasteiger partial charge in [0, 0.05) is 19.1 Å². The van der Waals surface area contributed by atoms with Crippen molar-refractivity contribution >= 4 is 6.09 Å². The summed E-state index contributed by atoms with van der Waals surface area (Å²) in [5, 5.41) is 3.30. The van der Waals surface area contributed by atoms with Gasteiger partial charge in [0.2, 0.25) is 0 Å². The van der Waals surface area contributed by atoms with E-state index in [1.54, 1.807) is 0 Å². The molecule has 4 heteroatoms. The van der Waals surface area contributed by atoms with Crippen LogP contribution in [0.25, 0.3) is 0 Å². The number of carbonyl (C=O) groups excluding carboxylic acids is 1. The second kappa shape index (κ2) is 3.91. The van der Waals surface area contributed by atoms with E-state index in [1.807, 2.05) is 32.7 Å². The van der Waals surface area contributed by atoms with E-state index in [9.17, 15) is 4.79 Å². The summed E-state index contributed by atoms with van der Waals surface area (Å²) in [6.45, 7) is 7.45. The van der Waals surface area contributed by atoms with Crippen molar-refractivity contribution in [3.63, 3.8) is 0 Å². The molecule has 1 saturated carbocycles. The maximum atomic E-state index is 11.9. The monoisotopic (exact) mass is 226 g/mol. The van der Waals surface area contributed by atoms with Crippen molar-refractivity contribution < 1.29 is 9.53 Å². The Labute approximate surface area is 97.3 Å². The number of hydrogen-bond donors (Lipinski definition) is 1. The quantitative estimate of drug-likeness (QED) is 0.736. The molecule has 0 radical (unpaired) electrons. The van der Waals surface area contributed by atoms with Crippen LogP contribution in [0.3, 0.4) is 0 Å². The van der Waals surface area contributed by atoms with Crippen molar-refractivity contribution in [3.8, 4) is 0 Å². The van der Waals surface area contributed by atoms with Crippen LogP contribution in [0.1, 0.15) is 27.2 Å². The Balaban J connectivity index is 1.87. The van der Waals surface area contributed by atoms with Gasteiger partial charge in [0.15, 0.2) is 0 Å². The highest BCUT2D eigenvalue weighted by Gasteiger charge is 2.48. The summed E-state index contributed by atoms with van der Waals surface area (Å²) in [7, 11) is 2.00. The van der Waals surface area contributed by atoms with E-state index < -0.39 is 0 Å². The molecular weight excluding hydrogens is 204 g/mol. The lowest BCUT2D eigenvalue weighted by molar-refractivity contribution is 0.0287. The first-order valence-corrected chi connectivity index (χ1v) is 6.06. The summed E-state index contributed by atoms with van der Waals surface area (Å²) >= 11 is 0. The normalized spacial score (nSPS) is 33.2. The highest BCUT2D eigenvalue weighted by molar-refractivity contribution is 5.68. The number of ether oxygens (including phenoxy) is 1. The lowest BCUT2D eigenvalue weighted by Gasteiger charge is -2.38. The fourth-order valence-electron chi connectivity index (χ4n) is 2.71. The van der Waals surface area contributed by atoms with E-state index in [1.165, 1.54) is 6.42 Å². The second-order valence-electron chi connectivity index (χ2n) is 5.94. The number of likely N-dealkylation sites (tertiary alicyclic amines) is 1. The molecule has 0 spiro atoms. The van der Waals surface area contributed by atoms with Crippen LogP contribution in [0, 0.1) is 11.8 Å². The molecule has 1 aliphatic carbocycles. The average Bonchev–Trinajstić information content (AvgIpc) is 2.43. The third kappa shape index (κ3) is 2.17. The number of carbonyl (C=O) groups is 1. The molecule has 1 amide bonds. The standard InChI is InChI=1S/C12H22N2O2/c1-12(2,3)16-11(15)14-6-8-5-10(13-4)9(8)7-14/h8-10,13H,5-7H2,1-4H3. The second-order valence-corrected chi connectivity index (χ2v) is 5.94. The predicted octanol–water partition coefficient (Wildman–Crippen LogP) is 1.46. The van der Waals surface area contributed by atoms with Gasteiger partial charge in [-0.05, 0) is 46.1 Å². The molecular formula is C12H22N2O2. The molecule has 1 aliphatic heterocycles. The van der Waals surface area contributed by atoms with Crippen LogP contribution < -0.4 is 5.32 Å². The van der Waals surface area contributed by atoms with Crippen LogP contribution in [0.4, 0.5) is 4.79 Å². The molecule has 1 N–H and O–H groups in total. The van der Waals surface area contributed by atoms with Crippen LogP contribution in [-0.4, -0.2) is 42.8 Å². The molecule has 0 bridgehead atoms. The van der Waals surface area contributed by atoms with E-state index in [0.717, 1.165) is 13.1 Å². The molecule has 3 unspecified atom stereocenters. The van der Waals surface area contributed by atoms with Crippen molar-refractivity contribution in [2.45, 2.75) is 38.8 Å². The summed E-state index contributed by atoms with van der Waals surface area (Å²) in [4.78, 5) is 13.7. The van der Waals surface area contributed by atoms with E-state index in [-0.39, 0.29) is 11.7 Å². The fourth-order valence-corrected chi connectivity index (χ4v) is 2.71. The molecule has 1 saturated heterocycles. The Morgan fingerprint density at radius 2 is 2.06 bits per heavy atom. The highest BCUT2D eigenvalue weighted by Crippen LogP contribution is 2.40. The first-order valence-electron chi connectivity index (χ1n) is 6.06. The SMILES string of the molecule is CNC1CC2CN(C(=O)OC(C)(C)C)CC21. The average molecular weight is 226 g/mol. The number of fused-ring (bicyclic) bond motifs is 1. The van der Waals surface area contributed by atoms with Gasteiger partial charge in [0.05, 0.1) is 0 Å². The Morgan fingerprint density at radius 1 is 1.38 bits per heavy atom. The Kier molecular flexibility index (Phi) is 2.86. The van der Waals surface area contributed by atoms with Crippen LogP contribution >= 0.6 is 0 Å². The van der Waals surface area contributed by atoms with Crippen LogP contribution in [0.5, 0.6) is 0 Å². The molecule has 0 aromatic carbocycles. The number of amides is 1. The van der Waals surface area contributed by atoms with Gasteiger partial charge in [-0.25, -0.2) is 4.79 Å². The summed E-state index contributed by atoms with van der Waals surface area (Å²) in [6, 6.07) is 0.595. The van der Waals surface area contributed by atoms with E-state index in [2.05, 4.69) is 5.32 Å². The van der Waals surface area contributed by atoms with E-state index >= 15 is 0 Å². The van der Waals surface area contributed by atoms with Gasteiger partial charge in [-0.3, -0.25) is 0 Å². The van der Waals surface area contributed by atoms with Crippen molar-refractivity contribution in [3.05, 3.63) is 0 Å². The summed E-state index contributed by atoms with van der Waals surface area (Å²) in [5.41, 5.74) is -0.388. The first-order chi connectivity index (χ1) is 7.40. The van der Waals surface area contributed by atoms with Crippen molar-refractivity contribution in [2.24, 2.45) is 11.8 Å². The van der Waals surface area contributed by atoms with E-state index in [4.69, 9.17) is 4.74 Å². The molecule has 1 heterocycles. The first kappa shape index (κ1) is 11.7. The van der Waals surface area contributed by atoms with Gasteiger partial charge in [0.1, 0.15) is 5.60 Å². The molecule has 92 valence electrons. The molecule has 3 atom stereocenters. The summed E-state index contributed by atoms with van der Waals surface area (Å²) in [5.74, 6) is 1.32. The van der Waals surface area contributed by atoms with Gasteiger partial charge >= 0.3 is 6.09 Å². The van der Waals surface area contributed by atoms with Crippen LogP contribution in [0.2, 0.25) is 0 Å². The summed E-state index contributed by atoms with van der Waals surface area (Å²) < 4.78 is 5.38. The van der Waals surface area contributed by atoms with Crippen molar-refractivity contribution in [2.75, 3.05) is 20.1 Å². The Hall–Kier alpha value is -0.770. The molecule has 4 nitrogen and oxygen atoms in total. The minimum Gasteiger partial charge on any atom is -0.444 e. The van der Waals surface area contributed by atoms with Gasteiger partial charge in [-0.15, -0.1) is 0 Å². The molecule has 2 rings (SSSR count). The molecule has 16 heavy (non-hydrogen) atoms.